The van der Waals surface area contributed by atoms with E-state index in [-0.39, 0.29) is 0 Å². The molecule has 0 N–H and O–H groups in total. The second kappa shape index (κ2) is 13.2. The van der Waals surface area contributed by atoms with Gasteiger partial charge in [-0.3, -0.25) is 0 Å². The number of rotatable bonds is 9. The lowest BCUT2D eigenvalue weighted by atomic mass is 10.0. The zero-order valence-electron chi connectivity index (χ0n) is 27.2. The fourth-order valence-corrected chi connectivity index (χ4v) is 7.51. The summed E-state index contributed by atoms with van der Waals surface area (Å²) in [5, 5.41) is 2.54. The standard InChI is InChI=1S/C44H38N2S/c1-5-6-16-33-17-11-13-23-42(33)45(31(2)3)38-25-27-44-40(30-38)39-29-35(24-26-43(39)47-44)34-18-14-21-37(28-34)46(36-19-8-7-9-20-36)41-22-12-10-15-32(41)4/h5-15,17-30H,2,16H2,1,3-4H3/b6-5-. The first-order valence-corrected chi connectivity index (χ1v) is 17.0. The molecule has 0 aliphatic carbocycles. The summed E-state index contributed by atoms with van der Waals surface area (Å²) >= 11 is 1.85. The number of nitrogens with zero attached hydrogens (tertiary/aromatic N) is 2. The van der Waals surface area contributed by atoms with Crippen molar-refractivity contribution in [3.63, 3.8) is 0 Å². The molecule has 0 spiro atoms. The van der Waals surface area contributed by atoms with Crippen molar-refractivity contribution in [2.45, 2.75) is 27.2 Å². The molecule has 3 heteroatoms. The van der Waals surface area contributed by atoms with Crippen LogP contribution in [0.4, 0.5) is 28.4 Å². The number of anilines is 5. The van der Waals surface area contributed by atoms with Gasteiger partial charge in [-0.25, -0.2) is 0 Å². The predicted octanol–water partition coefficient (Wildman–Crippen LogP) is 13.3. The van der Waals surface area contributed by atoms with Gasteiger partial charge in [0.25, 0.3) is 0 Å². The van der Waals surface area contributed by atoms with Crippen molar-refractivity contribution >= 4 is 59.9 Å². The van der Waals surface area contributed by atoms with Crippen molar-refractivity contribution in [2.75, 3.05) is 9.80 Å². The number of para-hydroxylation sites is 3. The molecule has 0 aliphatic heterocycles. The zero-order chi connectivity index (χ0) is 32.3. The first-order valence-electron chi connectivity index (χ1n) is 16.1. The van der Waals surface area contributed by atoms with Gasteiger partial charge >= 0.3 is 0 Å². The molecule has 0 radical (unpaired) electrons. The lowest BCUT2D eigenvalue weighted by Gasteiger charge is -2.27. The molecular weight excluding hydrogens is 589 g/mol. The van der Waals surface area contributed by atoms with Crippen molar-refractivity contribution in [3.8, 4) is 11.1 Å². The second-order valence-corrected chi connectivity index (χ2v) is 13.1. The van der Waals surface area contributed by atoms with Crippen LogP contribution in [0.25, 0.3) is 31.3 Å². The maximum Gasteiger partial charge on any atom is 0.0493 e. The smallest absolute Gasteiger partial charge is 0.0493 e. The molecule has 0 bridgehead atoms. The maximum atomic E-state index is 4.39. The molecule has 0 fully saturated rings. The number of allylic oxidation sites excluding steroid dienone is 3. The van der Waals surface area contributed by atoms with Gasteiger partial charge in [0.2, 0.25) is 0 Å². The van der Waals surface area contributed by atoms with E-state index in [4.69, 9.17) is 0 Å². The van der Waals surface area contributed by atoms with Gasteiger partial charge in [-0.15, -0.1) is 11.3 Å². The van der Waals surface area contributed by atoms with Crippen molar-refractivity contribution < 1.29 is 0 Å². The van der Waals surface area contributed by atoms with Crippen molar-refractivity contribution in [3.05, 3.63) is 175 Å². The van der Waals surface area contributed by atoms with Crippen LogP contribution in [0.2, 0.25) is 0 Å². The van der Waals surface area contributed by atoms with Gasteiger partial charge in [0.05, 0.1) is 0 Å². The van der Waals surface area contributed by atoms with E-state index >= 15 is 0 Å². The van der Waals surface area contributed by atoms with Crippen LogP contribution in [-0.2, 0) is 6.42 Å². The highest BCUT2D eigenvalue weighted by atomic mass is 32.1. The third-order valence-corrected chi connectivity index (χ3v) is 9.86. The third kappa shape index (κ3) is 5.98. The minimum Gasteiger partial charge on any atom is -0.315 e. The van der Waals surface area contributed by atoms with Crippen molar-refractivity contribution in [1.82, 2.24) is 0 Å². The fraction of sp³-hybridized carbons (Fsp3) is 0.0909. The SMILES string of the molecule is C=C(C)N(c1ccc2sc3ccc(-c4cccc(N(c5ccccc5)c5ccccc5C)c4)cc3c2c1)c1ccccc1C/C=C\C. The summed E-state index contributed by atoms with van der Waals surface area (Å²) in [6, 6.07) is 50.5. The Morgan fingerprint density at radius 1 is 0.638 bits per heavy atom. The molecule has 6 aromatic carbocycles. The molecule has 7 rings (SSSR count). The van der Waals surface area contributed by atoms with E-state index < -0.39 is 0 Å². The Morgan fingerprint density at radius 2 is 1.30 bits per heavy atom. The molecule has 2 nitrogen and oxygen atoms in total. The molecule has 47 heavy (non-hydrogen) atoms. The van der Waals surface area contributed by atoms with Gasteiger partial charge in [-0.1, -0.05) is 91.5 Å². The summed E-state index contributed by atoms with van der Waals surface area (Å²) in [4.78, 5) is 4.64. The third-order valence-electron chi connectivity index (χ3n) is 8.71. The molecule has 1 heterocycles. The second-order valence-electron chi connectivity index (χ2n) is 12.0. The Labute approximate surface area is 282 Å². The molecule has 0 atom stereocenters. The average Bonchev–Trinajstić information content (AvgIpc) is 3.47. The van der Waals surface area contributed by atoms with E-state index in [0.717, 1.165) is 29.2 Å². The lowest BCUT2D eigenvalue weighted by molar-refractivity contribution is 1.13. The van der Waals surface area contributed by atoms with Crippen LogP contribution in [0.5, 0.6) is 0 Å². The van der Waals surface area contributed by atoms with Gasteiger partial charge in [0, 0.05) is 54.3 Å². The highest BCUT2D eigenvalue weighted by molar-refractivity contribution is 7.25. The zero-order valence-corrected chi connectivity index (χ0v) is 28.0. The summed E-state index contributed by atoms with van der Waals surface area (Å²) in [6.07, 6.45) is 5.20. The van der Waals surface area contributed by atoms with Crippen LogP contribution in [-0.4, -0.2) is 0 Å². The molecule has 0 unspecified atom stereocenters. The van der Waals surface area contributed by atoms with Crippen LogP contribution < -0.4 is 9.80 Å². The Hall–Kier alpha value is -5.38. The van der Waals surface area contributed by atoms with Gasteiger partial charge in [-0.05, 0) is 116 Å². The Kier molecular flexibility index (Phi) is 8.48. The highest BCUT2D eigenvalue weighted by Gasteiger charge is 2.18. The van der Waals surface area contributed by atoms with Crippen molar-refractivity contribution in [1.29, 1.82) is 0 Å². The molecule has 0 aliphatic rings. The van der Waals surface area contributed by atoms with E-state index in [2.05, 4.69) is 189 Å². The maximum absolute atomic E-state index is 4.39. The molecule has 230 valence electrons. The molecule has 0 saturated heterocycles. The Bertz CT molecular complexity index is 2240. The first kappa shape index (κ1) is 30.3. The number of aryl methyl sites for hydroxylation is 1. The van der Waals surface area contributed by atoms with Crippen LogP contribution >= 0.6 is 11.3 Å². The quantitative estimate of drug-likeness (QED) is 0.147. The minimum absolute atomic E-state index is 0.883. The van der Waals surface area contributed by atoms with Gasteiger partial charge in [-0.2, -0.15) is 0 Å². The van der Waals surface area contributed by atoms with E-state index in [0.29, 0.717) is 0 Å². The van der Waals surface area contributed by atoms with Crippen LogP contribution in [0.15, 0.2) is 164 Å². The van der Waals surface area contributed by atoms with Crippen LogP contribution in [0.3, 0.4) is 0 Å². The lowest BCUT2D eigenvalue weighted by Crippen LogP contribution is -2.15. The van der Waals surface area contributed by atoms with E-state index in [1.54, 1.807) is 0 Å². The molecule has 0 amide bonds. The Balaban J connectivity index is 1.32. The first-order chi connectivity index (χ1) is 23.0. The van der Waals surface area contributed by atoms with Crippen LogP contribution in [0, 0.1) is 6.92 Å². The molecular formula is C44H38N2S. The summed E-state index contributed by atoms with van der Waals surface area (Å²) in [7, 11) is 0. The average molecular weight is 627 g/mol. The monoisotopic (exact) mass is 626 g/mol. The fourth-order valence-electron chi connectivity index (χ4n) is 6.44. The number of hydrogen-bond acceptors (Lipinski definition) is 3. The summed E-state index contributed by atoms with van der Waals surface area (Å²) in [6.45, 7) is 10.7. The Morgan fingerprint density at radius 3 is 2.06 bits per heavy atom. The summed E-state index contributed by atoms with van der Waals surface area (Å²) in [5.41, 5.74) is 11.6. The largest absolute Gasteiger partial charge is 0.315 e. The van der Waals surface area contributed by atoms with E-state index in [9.17, 15) is 0 Å². The van der Waals surface area contributed by atoms with Gasteiger partial charge in [0.15, 0.2) is 0 Å². The minimum atomic E-state index is 0.883. The van der Waals surface area contributed by atoms with E-state index in [1.807, 2.05) is 11.3 Å². The number of fused-ring (bicyclic) bond motifs is 3. The molecule has 7 aromatic rings. The number of benzene rings is 6. The highest BCUT2D eigenvalue weighted by Crippen LogP contribution is 2.42. The molecule has 1 aromatic heterocycles. The number of thiophene rings is 1. The molecule has 0 saturated carbocycles. The van der Waals surface area contributed by atoms with Gasteiger partial charge in [0.1, 0.15) is 0 Å². The summed E-state index contributed by atoms with van der Waals surface area (Å²) < 4.78 is 2.58. The van der Waals surface area contributed by atoms with Crippen molar-refractivity contribution in [2.24, 2.45) is 0 Å². The predicted molar refractivity (Wildman–Crippen MR) is 206 cm³/mol. The van der Waals surface area contributed by atoms with E-state index in [1.165, 1.54) is 53.8 Å². The topological polar surface area (TPSA) is 6.48 Å². The normalized spacial score (nSPS) is 11.4. The number of hydrogen-bond donors (Lipinski definition) is 0. The van der Waals surface area contributed by atoms with Crippen LogP contribution in [0.1, 0.15) is 25.0 Å². The summed E-state index contributed by atoms with van der Waals surface area (Å²) in [5.74, 6) is 0. The van der Waals surface area contributed by atoms with Gasteiger partial charge < -0.3 is 9.80 Å².